The monoisotopic (exact) mass is 594 g/mol. The number of amides is 1. The molecule has 0 bridgehead atoms. The van der Waals surface area contributed by atoms with Crippen molar-refractivity contribution >= 4 is 27.7 Å². The topological polar surface area (TPSA) is 192 Å². The van der Waals surface area contributed by atoms with E-state index in [-0.39, 0.29) is 48.4 Å². The van der Waals surface area contributed by atoms with Crippen LogP contribution in [0.3, 0.4) is 0 Å². The summed E-state index contributed by atoms with van der Waals surface area (Å²) in [5.74, 6) is -7.22. The summed E-state index contributed by atoms with van der Waals surface area (Å²) in [5, 5.41) is 28.5. The summed E-state index contributed by atoms with van der Waals surface area (Å²) in [6.07, 6.45) is -0.339. The van der Waals surface area contributed by atoms with Crippen LogP contribution in [0.4, 0.5) is 13.2 Å². The molecule has 11 nitrogen and oxygen atoms in total. The summed E-state index contributed by atoms with van der Waals surface area (Å²) in [6, 6.07) is 9.14. The number of carbonyl (C=O) groups excluding carboxylic acids is 1. The highest BCUT2D eigenvalue weighted by atomic mass is 32.2. The van der Waals surface area contributed by atoms with Gasteiger partial charge >= 0.3 is 5.97 Å². The standard InChI is InChI=1S/C26H25F3N4O7S/c27-18-9-17(10-19(28)25(18)29)15-2-1-14(21(11-15)40-13-23(35)32-7-6-24(36)37)5-8-33-41(38,39)22-12-16(26(30)31)3-4-20(22)34/h1-4,9-12,33-34H,5-8,13H2,(H3,30,31)(H,32,35)(H,36,37). The maximum atomic E-state index is 13.8. The fraction of sp³-hybridized carbons (Fsp3) is 0.192. The number of phenols is 1. The molecule has 3 aromatic rings. The second-order valence-electron chi connectivity index (χ2n) is 8.60. The predicted molar refractivity (Wildman–Crippen MR) is 141 cm³/mol. The summed E-state index contributed by atoms with van der Waals surface area (Å²) in [4.78, 5) is 22.2. The van der Waals surface area contributed by atoms with Crippen LogP contribution in [-0.4, -0.2) is 56.0 Å². The first kappa shape index (κ1) is 30.9. The van der Waals surface area contributed by atoms with Crippen LogP contribution in [0.15, 0.2) is 53.4 Å². The zero-order chi connectivity index (χ0) is 30.3. The minimum absolute atomic E-state index is 0.0191. The third kappa shape index (κ3) is 8.18. The molecule has 0 radical (unpaired) electrons. The van der Waals surface area contributed by atoms with Crippen LogP contribution in [-0.2, 0) is 26.0 Å². The van der Waals surface area contributed by atoms with E-state index in [1.54, 1.807) is 0 Å². The van der Waals surface area contributed by atoms with Crippen molar-refractivity contribution in [2.24, 2.45) is 5.73 Å². The number of amidine groups is 1. The maximum absolute atomic E-state index is 13.8. The Morgan fingerprint density at radius 3 is 2.29 bits per heavy atom. The fourth-order valence-electron chi connectivity index (χ4n) is 3.60. The number of sulfonamides is 1. The first-order valence-corrected chi connectivity index (χ1v) is 13.3. The Bertz CT molecular complexity index is 1580. The largest absolute Gasteiger partial charge is 0.507 e. The second-order valence-corrected chi connectivity index (χ2v) is 10.3. The normalized spacial score (nSPS) is 11.2. The highest BCUT2D eigenvalue weighted by molar-refractivity contribution is 7.89. The molecule has 41 heavy (non-hydrogen) atoms. The quantitative estimate of drug-likeness (QED) is 0.0986. The van der Waals surface area contributed by atoms with Crippen molar-refractivity contribution in [1.29, 1.82) is 5.41 Å². The third-order valence-corrected chi connectivity index (χ3v) is 7.14. The van der Waals surface area contributed by atoms with Gasteiger partial charge in [-0.05, 0) is 59.5 Å². The van der Waals surface area contributed by atoms with Crippen LogP contribution in [0.1, 0.15) is 17.5 Å². The lowest BCUT2D eigenvalue weighted by atomic mass is 10.0. The van der Waals surface area contributed by atoms with Gasteiger partial charge in [-0.15, -0.1) is 0 Å². The number of hydrogen-bond donors (Lipinski definition) is 6. The first-order valence-electron chi connectivity index (χ1n) is 11.8. The van der Waals surface area contributed by atoms with E-state index in [0.717, 1.165) is 24.3 Å². The number of ether oxygens (including phenoxy) is 1. The molecule has 0 spiro atoms. The molecule has 0 unspecified atom stereocenters. The van der Waals surface area contributed by atoms with Crippen LogP contribution < -0.4 is 20.5 Å². The van der Waals surface area contributed by atoms with E-state index < -0.39 is 62.4 Å². The molecule has 3 rings (SSSR count). The molecule has 0 fully saturated rings. The molecule has 0 saturated heterocycles. The van der Waals surface area contributed by atoms with E-state index in [0.29, 0.717) is 5.56 Å². The van der Waals surface area contributed by atoms with E-state index in [9.17, 15) is 36.3 Å². The Labute approximate surface area is 232 Å². The van der Waals surface area contributed by atoms with E-state index >= 15 is 0 Å². The molecule has 218 valence electrons. The maximum Gasteiger partial charge on any atom is 0.305 e. The summed E-state index contributed by atoms with van der Waals surface area (Å²) in [5.41, 5.74) is 5.99. The van der Waals surface area contributed by atoms with Crippen LogP contribution >= 0.6 is 0 Å². The molecule has 15 heteroatoms. The minimum atomic E-state index is -4.26. The molecule has 0 saturated carbocycles. The smallest absolute Gasteiger partial charge is 0.305 e. The van der Waals surface area contributed by atoms with Gasteiger partial charge in [-0.1, -0.05) is 12.1 Å². The van der Waals surface area contributed by atoms with E-state index in [1.807, 2.05) is 0 Å². The van der Waals surface area contributed by atoms with Crippen molar-refractivity contribution in [2.45, 2.75) is 17.7 Å². The molecule has 3 aromatic carbocycles. The van der Waals surface area contributed by atoms with Crippen LogP contribution in [0, 0.1) is 22.9 Å². The number of aliphatic carboxylic acids is 1. The van der Waals surface area contributed by atoms with Crippen molar-refractivity contribution in [1.82, 2.24) is 10.0 Å². The summed E-state index contributed by atoms with van der Waals surface area (Å²) < 4.78 is 74.5. The third-order valence-electron chi connectivity index (χ3n) is 5.65. The molecule has 0 atom stereocenters. The summed E-state index contributed by atoms with van der Waals surface area (Å²) >= 11 is 0. The number of halogens is 3. The van der Waals surface area contributed by atoms with Crippen molar-refractivity contribution in [3.63, 3.8) is 0 Å². The number of nitrogens with two attached hydrogens (primary N) is 1. The predicted octanol–water partition coefficient (Wildman–Crippen LogP) is 2.25. The summed E-state index contributed by atoms with van der Waals surface area (Å²) in [6.45, 7) is -0.954. The molecule has 7 N–H and O–H groups in total. The first-order chi connectivity index (χ1) is 19.3. The molecule has 0 aliphatic rings. The number of nitrogen functional groups attached to an aromatic ring is 1. The van der Waals surface area contributed by atoms with Gasteiger partial charge in [-0.3, -0.25) is 15.0 Å². The summed E-state index contributed by atoms with van der Waals surface area (Å²) in [7, 11) is -4.26. The number of carboxylic acids is 1. The average molecular weight is 595 g/mol. The van der Waals surface area contributed by atoms with E-state index in [2.05, 4.69) is 10.0 Å². The number of aromatic hydroxyl groups is 1. The molecule has 0 aliphatic carbocycles. The Kier molecular flexibility index (Phi) is 9.91. The number of benzene rings is 3. The Balaban J connectivity index is 1.83. The highest BCUT2D eigenvalue weighted by Crippen LogP contribution is 2.30. The van der Waals surface area contributed by atoms with Gasteiger partial charge in [0.25, 0.3) is 5.91 Å². The van der Waals surface area contributed by atoms with E-state index in [4.69, 9.17) is 21.0 Å². The SMILES string of the molecule is N=C(N)c1ccc(O)c(S(=O)(=O)NCCc2ccc(-c3cc(F)c(F)c(F)c3)cc2OCC(=O)NCCC(=O)O)c1. The van der Waals surface area contributed by atoms with Gasteiger partial charge in [0.15, 0.2) is 24.1 Å². The molecule has 0 heterocycles. The minimum Gasteiger partial charge on any atom is -0.507 e. The Morgan fingerprint density at radius 2 is 1.66 bits per heavy atom. The van der Waals surface area contributed by atoms with Gasteiger partial charge in [-0.2, -0.15) is 0 Å². The van der Waals surface area contributed by atoms with Gasteiger partial charge in [0.1, 0.15) is 22.2 Å². The van der Waals surface area contributed by atoms with Crippen molar-refractivity contribution in [3.8, 4) is 22.6 Å². The van der Waals surface area contributed by atoms with Gasteiger partial charge in [-0.25, -0.2) is 26.3 Å². The van der Waals surface area contributed by atoms with Gasteiger partial charge < -0.3 is 26.0 Å². The molecular weight excluding hydrogens is 569 g/mol. The number of carboxylic acid groups (broad SMARTS) is 1. The van der Waals surface area contributed by atoms with E-state index in [1.165, 1.54) is 24.3 Å². The Hall–Kier alpha value is -4.63. The average Bonchev–Trinajstić information content (AvgIpc) is 2.90. The highest BCUT2D eigenvalue weighted by Gasteiger charge is 2.20. The van der Waals surface area contributed by atoms with Crippen molar-refractivity contribution in [2.75, 3.05) is 19.7 Å². The molecule has 0 aromatic heterocycles. The number of carbonyl (C=O) groups is 2. The Morgan fingerprint density at radius 1 is 0.976 bits per heavy atom. The van der Waals surface area contributed by atoms with Crippen LogP contribution in [0.5, 0.6) is 11.5 Å². The van der Waals surface area contributed by atoms with Crippen LogP contribution in [0.25, 0.3) is 11.1 Å². The molecular formula is C26H25F3N4O7S. The van der Waals surface area contributed by atoms with Crippen LogP contribution in [0.2, 0.25) is 0 Å². The lowest BCUT2D eigenvalue weighted by Gasteiger charge is -2.15. The van der Waals surface area contributed by atoms with Crippen molar-refractivity contribution < 1.29 is 46.1 Å². The lowest BCUT2D eigenvalue weighted by Crippen LogP contribution is -2.31. The number of nitrogens with one attached hydrogen (secondary N) is 3. The lowest BCUT2D eigenvalue weighted by molar-refractivity contribution is -0.137. The number of hydrogen-bond acceptors (Lipinski definition) is 7. The zero-order valence-corrected chi connectivity index (χ0v) is 22.0. The number of phenolic OH excluding ortho intramolecular Hbond substituents is 1. The van der Waals surface area contributed by atoms with Gasteiger partial charge in [0.05, 0.1) is 6.42 Å². The van der Waals surface area contributed by atoms with Gasteiger partial charge in [0.2, 0.25) is 10.0 Å². The zero-order valence-electron chi connectivity index (χ0n) is 21.2. The second kappa shape index (κ2) is 13.1. The number of rotatable bonds is 13. The molecule has 0 aliphatic heterocycles. The fourth-order valence-corrected chi connectivity index (χ4v) is 4.75. The van der Waals surface area contributed by atoms with Gasteiger partial charge in [0, 0.05) is 18.7 Å². The molecule has 1 amide bonds. The van der Waals surface area contributed by atoms with Crippen molar-refractivity contribution in [3.05, 3.63) is 77.1 Å².